The maximum Gasteiger partial charge on any atom is 0.227 e. The van der Waals surface area contributed by atoms with Crippen LogP contribution in [0.15, 0.2) is 4.99 Å². The number of carbonyl (C=O) groups excluding carboxylic acids is 3. The van der Waals surface area contributed by atoms with E-state index >= 15 is 0 Å². The summed E-state index contributed by atoms with van der Waals surface area (Å²) >= 11 is 0. The van der Waals surface area contributed by atoms with Crippen LogP contribution in [0.4, 0.5) is 0 Å². The smallest absolute Gasteiger partial charge is 0.227 e. The van der Waals surface area contributed by atoms with E-state index in [0.29, 0.717) is 0 Å². The van der Waals surface area contributed by atoms with Crippen LogP contribution < -0.4 is 16.0 Å². The molecule has 8 unspecified atom stereocenters. The Balaban J connectivity index is 1.38. The molecule has 12 N–H and O–H groups in total. The van der Waals surface area contributed by atoms with E-state index in [2.05, 4.69) is 20.9 Å². The number of aliphatic hydroxyl groups excluding tert-OH is 9. The van der Waals surface area contributed by atoms with E-state index in [4.69, 9.17) is 37.9 Å². The molecule has 20 atom stereocenters. The summed E-state index contributed by atoms with van der Waals surface area (Å²) in [4.78, 5) is 40.9. The quantitative estimate of drug-likeness (QED) is 0.0821. The topological polar surface area (TPSA) is 356 Å². The molecule has 5 rings (SSSR count). The molecule has 320 valence electrons. The Labute approximate surface area is 319 Å². The van der Waals surface area contributed by atoms with Gasteiger partial charge in [-0.15, -0.1) is 0 Å². The second kappa shape index (κ2) is 18.9. The van der Waals surface area contributed by atoms with Crippen LogP contribution in [-0.4, -0.2) is 219 Å². The summed E-state index contributed by atoms with van der Waals surface area (Å²) in [5.41, 5.74) is 0. The van der Waals surface area contributed by atoms with E-state index in [1.54, 1.807) is 6.92 Å². The fourth-order valence-electron chi connectivity index (χ4n) is 7.39. The van der Waals surface area contributed by atoms with Gasteiger partial charge in [-0.3, -0.25) is 14.4 Å². The number of rotatable bonds is 13. The highest BCUT2D eigenvalue weighted by molar-refractivity contribution is 5.75. The average molecular weight is 813 g/mol. The van der Waals surface area contributed by atoms with Gasteiger partial charge >= 0.3 is 0 Å². The molecule has 56 heavy (non-hydrogen) atoms. The molecule has 0 aliphatic carbocycles. The van der Waals surface area contributed by atoms with Gasteiger partial charge in [0.05, 0.1) is 26.4 Å². The van der Waals surface area contributed by atoms with Gasteiger partial charge in [-0.25, -0.2) is 4.99 Å². The monoisotopic (exact) mass is 812 g/mol. The Morgan fingerprint density at radius 3 is 1.30 bits per heavy atom. The highest BCUT2D eigenvalue weighted by Crippen LogP contribution is 2.36. The van der Waals surface area contributed by atoms with Crippen LogP contribution in [0.2, 0.25) is 0 Å². The van der Waals surface area contributed by atoms with E-state index in [-0.39, 0.29) is 5.90 Å². The van der Waals surface area contributed by atoms with Crippen LogP contribution >= 0.6 is 0 Å². The normalized spacial score (nSPS) is 45.2. The lowest BCUT2D eigenvalue weighted by molar-refractivity contribution is -0.360. The van der Waals surface area contributed by atoms with Crippen molar-refractivity contribution in [1.82, 2.24) is 16.0 Å². The van der Waals surface area contributed by atoms with Crippen LogP contribution in [0.5, 0.6) is 0 Å². The lowest BCUT2D eigenvalue weighted by Gasteiger charge is -2.50. The molecule has 5 heterocycles. The van der Waals surface area contributed by atoms with Gasteiger partial charge in [0.1, 0.15) is 97.4 Å². The van der Waals surface area contributed by atoms with Gasteiger partial charge < -0.3 is 99.8 Å². The Hall–Kier alpha value is -2.76. The minimum atomic E-state index is -1.85. The summed E-state index contributed by atoms with van der Waals surface area (Å²) in [5, 5.41) is 104. The van der Waals surface area contributed by atoms with Crippen molar-refractivity contribution >= 4 is 23.6 Å². The number of fused-ring (bicyclic) bond motifs is 1. The van der Waals surface area contributed by atoms with Crippen molar-refractivity contribution < 1.29 is 98.2 Å². The molecule has 0 radical (unpaired) electrons. The Morgan fingerprint density at radius 1 is 0.554 bits per heavy atom. The van der Waals surface area contributed by atoms with Crippen LogP contribution in [-0.2, 0) is 52.3 Å². The number of ether oxygens (including phenoxy) is 8. The zero-order chi connectivity index (χ0) is 41.2. The van der Waals surface area contributed by atoms with Gasteiger partial charge in [0.15, 0.2) is 24.8 Å². The lowest BCUT2D eigenvalue weighted by Crippen LogP contribution is -2.71. The van der Waals surface area contributed by atoms with E-state index in [1.807, 2.05) is 0 Å². The highest BCUT2D eigenvalue weighted by atomic mass is 16.8. The number of hydrogen-bond donors (Lipinski definition) is 12. The summed E-state index contributed by atoms with van der Waals surface area (Å²) < 4.78 is 46.7. The zero-order valence-electron chi connectivity index (χ0n) is 30.8. The molecule has 0 aromatic heterocycles. The predicted octanol–water partition coefficient (Wildman–Crippen LogP) is -7.85. The third-order valence-corrected chi connectivity index (χ3v) is 10.0. The SMILES string of the molecule is CC(=O)NC1[C@H](O[C@@H]2C(CO)O[C@@H](O[C@@H]3C(CO)O[C@@H](O[C@@H]4C(CO)O[C@@H]5OC(C)=NC5[C@H]4O)C(NC(C)=O)[C@H]3O)C(NC(C)=O)[C@H]2O)OC(CO)[C@@H](O)[C@@H]1O. The molecule has 5 aliphatic rings. The first kappa shape index (κ1) is 44.3. The largest absolute Gasteiger partial charge is 0.450 e. The molecule has 24 heteroatoms. The standard InChI is InChI=1S/C32H52N4O20/c1-9(41)33-17-22(45)21(44)13(5-37)50-30(17)54-26-15(7-39)52-31(18(23(26)46)34-10(2)42)55-27-16(8-40)53-32(19(24(27)47)35-11(3)43)56-28-14(6-38)51-29-20(25(28)48)36-12(4)49-29/h13-32,37-40,44-48H,5-8H2,1-4H3,(H,33,41)(H,34,42)(H,35,43)/t13?,14?,15?,16?,17?,18?,19?,20?,21-,22-,23-,24-,25-,26-,27-,28-,29+,30+,31+,32+/m1/s1. The lowest BCUT2D eigenvalue weighted by atomic mass is 9.93. The van der Waals surface area contributed by atoms with Crippen LogP contribution in [0, 0.1) is 0 Å². The van der Waals surface area contributed by atoms with E-state index in [9.17, 15) is 60.3 Å². The molecule has 5 aliphatic heterocycles. The first-order valence-corrected chi connectivity index (χ1v) is 18.0. The third kappa shape index (κ3) is 9.41. The molecule has 4 saturated heterocycles. The predicted molar refractivity (Wildman–Crippen MR) is 178 cm³/mol. The minimum Gasteiger partial charge on any atom is -0.450 e. The van der Waals surface area contributed by atoms with Gasteiger partial charge in [0, 0.05) is 27.7 Å². The zero-order valence-corrected chi connectivity index (χ0v) is 30.8. The number of nitrogens with zero attached hydrogens (tertiary/aromatic N) is 1. The molecule has 0 aromatic rings. The van der Waals surface area contributed by atoms with E-state index in [1.165, 1.54) is 0 Å². The van der Waals surface area contributed by atoms with Crippen molar-refractivity contribution in [3.05, 3.63) is 0 Å². The highest BCUT2D eigenvalue weighted by Gasteiger charge is 2.57. The van der Waals surface area contributed by atoms with Crippen molar-refractivity contribution in [1.29, 1.82) is 0 Å². The molecule has 3 amide bonds. The number of aliphatic imine (C=N–C) groups is 1. The van der Waals surface area contributed by atoms with Gasteiger partial charge in [-0.1, -0.05) is 0 Å². The second-order valence-electron chi connectivity index (χ2n) is 14.1. The molecule has 0 spiro atoms. The molecule has 0 saturated carbocycles. The fraction of sp³-hybridized carbons (Fsp3) is 0.875. The minimum absolute atomic E-state index is 0.219. The second-order valence-corrected chi connectivity index (χ2v) is 14.1. The van der Waals surface area contributed by atoms with Crippen molar-refractivity contribution in [2.75, 3.05) is 26.4 Å². The maximum atomic E-state index is 12.4. The Kier molecular flexibility index (Phi) is 14.9. The summed E-state index contributed by atoms with van der Waals surface area (Å²) in [5.74, 6) is -1.85. The molecule has 24 nitrogen and oxygen atoms in total. The molecular formula is C32H52N4O20. The number of carbonyl (C=O) groups is 3. The van der Waals surface area contributed by atoms with Crippen LogP contribution in [0.3, 0.4) is 0 Å². The fourth-order valence-corrected chi connectivity index (χ4v) is 7.39. The number of amides is 3. The van der Waals surface area contributed by atoms with E-state index < -0.39 is 167 Å². The molecule has 0 bridgehead atoms. The molecule has 0 aromatic carbocycles. The van der Waals surface area contributed by atoms with Crippen molar-refractivity contribution in [3.8, 4) is 0 Å². The first-order valence-electron chi connectivity index (χ1n) is 18.0. The van der Waals surface area contributed by atoms with Crippen molar-refractivity contribution in [2.45, 2.75) is 150 Å². The average Bonchev–Trinajstić information content (AvgIpc) is 3.53. The van der Waals surface area contributed by atoms with Crippen LogP contribution in [0.1, 0.15) is 27.7 Å². The Bertz CT molecular complexity index is 1400. The number of nitrogens with one attached hydrogen (secondary N) is 3. The van der Waals surface area contributed by atoms with Gasteiger partial charge in [-0.2, -0.15) is 0 Å². The summed E-state index contributed by atoms with van der Waals surface area (Å²) in [7, 11) is 0. The van der Waals surface area contributed by atoms with Crippen molar-refractivity contribution in [3.63, 3.8) is 0 Å². The van der Waals surface area contributed by atoms with Crippen molar-refractivity contribution in [2.24, 2.45) is 4.99 Å². The third-order valence-electron chi connectivity index (χ3n) is 10.0. The molecular weight excluding hydrogens is 760 g/mol. The number of hydrogen-bond acceptors (Lipinski definition) is 21. The summed E-state index contributed by atoms with van der Waals surface area (Å²) in [6.45, 7) is 1.69. The van der Waals surface area contributed by atoms with E-state index in [0.717, 1.165) is 20.8 Å². The Morgan fingerprint density at radius 2 is 0.911 bits per heavy atom. The maximum absolute atomic E-state index is 12.4. The molecule has 4 fully saturated rings. The summed E-state index contributed by atoms with van der Waals surface area (Å²) in [6, 6.07) is -5.48. The summed E-state index contributed by atoms with van der Waals surface area (Å²) in [6.07, 6.45) is -24.7. The van der Waals surface area contributed by atoms with Gasteiger partial charge in [0.2, 0.25) is 24.0 Å². The van der Waals surface area contributed by atoms with Gasteiger partial charge in [-0.05, 0) is 0 Å². The first-order chi connectivity index (χ1) is 26.5. The van der Waals surface area contributed by atoms with Gasteiger partial charge in [0.25, 0.3) is 0 Å². The van der Waals surface area contributed by atoms with Crippen LogP contribution in [0.25, 0.3) is 0 Å². The number of aliphatic hydroxyl groups is 9.